The van der Waals surface area contributed by atoms with Gasteiger partial charge in [0.25, 0.3) is 0 Å². The molecule has 19 heavy (non-hydrogen) atoms. The third-order valence-electron chi connectivity index (χ3n) is 2.24. The molecule has 6 heteroatoms. The van der Waals surface area contributed by atoms with E-state index in [1.54, 1.807) is 18.2 Å². The number of anilines is 1. The predicted molar refractivity (Wildman–Crippen MR) is 72.7 cm³/mol. The van der Waals surface area contributed by atoms with Gasteiger partial charge >= 0.3 is 5.97 Å². The summed E-state index contributed by atoms with van der Waals surface area (Å²) in [5.41, 5.74) is 0.518. The smallest absolute Gasteiger partial charge is 0.303 e. The molecule has 0 radical (unpaired) electrons. The number of aliphatic carboxylic acids is 1. The molecule has 0 aromatic heterocycles. The van der Waals surface area contributed by atoms with Gasteiger partial charge in [0, 0.05) is 12.1 Å². The second kappa shape index (κ2) is 7.63. The molecule has 0 aliphatic heterocycles. The van der Waals surface area contributed by atoms with Crippen LogP contribution in [0.1, 0.15) is 26.2 Å². The van der Waals surface area contributed by atoms with E-state index in [9.17, 15) is 9.59 Å². The summed E-state index contributed by atoms with van der Waals surface area (Å²) in [4.78, 5) is 21.8. The Labute approximate surface area is 116 Å². The summed E-state index contributed by atoms with van der Waals surface area (Å²) < 4.78 is 5.40. The number of hydrogen-bond donors (Lipinski definition) is 2. The lowest BCUT2D eigenvalue weighted by molar-refractivity contribution is -0.138. The largest absolute Gasteiger partial charge is 0.492 e. The maximum atomic E-state index is 11.4. The number of nitrogens with one attached hydrogen (secondary N) is 1. The second-order valence-corrected chi connectivity index (χ2v) is 4.34. The van der Waals surface area contributed by atoms with Crippen molar-refractivity contribution in [2.24, 2.45) is 0 Å². The number of carboxylic acid groups (broad SMARTS) is 1. The van der Waals surface area contributed by atoms with E-state index in [1.807, 2.05) is 6.92 Å². The zero-order chi connectivity index (χ0) is 14.3. The van der Waals surface area contributed by atoms with E-state index >= 15 is 0 Å². The molecule has 0 saturated carbocycles. The highest BCUT2D eigenvalue weighted by Gasteiger charge is 2.08. The predicted octanol–water partition coefficient (Wildman–Crippen LogP) is 2.93. The van der Waals surface area contributed by atoms with Gasteiger partial charge in [-0.1, -0.05) is 18.5 Å². The van der Waals surface area contributed by atoms with Crippen LogP contribution in [0.2, 0.25) is 5.02 Å². The summed E-state index contributed by atoms with van der Waals surface area (Å²) in [6, 6.07) is 4.91. The summed E-state index contributed by atoms with van der Waals surface area (Å²) in [6.07, 6.45) is 0.613. The summed E-state index contributed by atoms with van der Waals surface area (Å²) in [5, 5.41) is 11.5. The molecule has 0 atom stereocenters. The lowest BCUT2D eigenvalue weighted by Crippen LogP contribution is -2.13. The van der Waals surface area contributed by atoms with Crippen molar-refractivity contribution in [1.82, 2.24) is 0 Å². The molecule has 0 bridgehead atoms. The molecule has 0 fully saturated rings. The van der Waals surface area contributed by atoms with Gasteiger partial charge in [-0.2, -0.15) is 0 Å². The van der Waals surface area contributed by atoms with Gasteiger partial charge in [0.2, 0.25) is 5.91 Å². The number of halogens is 1. The van der Waals surface area contributed by atoms with E-state index < -0.39 is 5.97 Å². The SMILES string of the molecule is CCCOc1ccc(NC(=O)CCC(=O)O)cc1Cl. The van der Waals surface area contributed by atoms with Crippen molar-refractivity contribution in [3.63, 3.8) is 0 Å². The molecular formula is C13H16ClNO4. The number of benzene rings is 1. The van der Waals surface area contributed by atoms with Gasteiger partial charge < -0.3 is 15.2 Å². The standard InChI is InChI=1S/C13H16ClNO4/c1-2-7-19-11-4-3-9(8-10(11)14)15-12(16)5-6-13(17)18/h3-4,8H,2,5-7H2,1H3,(H,15,16)(H,17,18). The summed E-state index contributed by atoms with van der Waals surface area (Å²) in [6.45, 7) is 2.56. The van der Waals surface area contributed by atoms with Gasteiger partial charge in [0.1, 0.15) is 5.75 Å². The van der Waals surface area contributed by atoms with Crippen molar-refractivity contribution in [3.8, 4) is 5.75 Å². The molecule has 5 nitrogen and oxygen atoms in total. The number of carbonyl (C=O) groups is 2. The van der Waals surface area contributed by atoms with Crippen molar-refractivity contribution in [2.45, 2.75) is 26.2 Å². The Morgan fingerprint density at radius 1 is 1.37 bits per heavy atom. The molecule has 2 N–H and O–H groups in total. The van der Waals surface area contributed by atoms with Crippen molar-refractivity contribution >= 4 is 29.2 Å². The average molecular weight is 286 g/mol. The first kappa shape index (κ1) is 15.3. The Kier molecular flexibility index (Phi) is 6.15. The zero-order valence-corrected chi connectivity index (χ0v) is 11.4. The number of ether oxygens (including phenoxy) is 1. The minimum absolute atomic E-state index is 0.0684. The fourth-order valence-electron chi connectivity index (χ4n) is 1.35. The molecule has 1 amide bonds. The van der Waals surface area contributed by atoms with Gasteiger partial charge in [-0.15, -0.1) is 0 Å². The number of carbonyl (C=O) groups excluding carboxylic acids is 1. The highest BCUT2D eigenvalue weighted by atomic mass is 35.5. The molecule has 1 aromatic carbocycles. The van der Waals surface area contributed by atoms with Crippen LogP contribution < -0.4 is 10.1 Å². The first-order chi connectivity index (χ1) is 9.02. The van der Waals surface area contributed by atoms with Gasteiger partial charge in [-0.05, 0) is 24.6 Å². The molecule has 104 valence electrons. The van der Waals surface area contributed by atoms with E-state index in [4.69, 9.17) is 21.4 Å². The molecule has 0 aliphatic carbocycles. The molecule has 0 aliphatic rings. The number of amides is 1. The highest BCUT2D eigenvalue weighted by molar-refractivity contribution is 6.32. The second-order valence-electron chi connectivity index (χ2n) is 3.94. The van der Waals surface area contributed by atoms with Gasteiger partial charge in [-0.3, -0.25) is 9.59 Å². The Balaban J connectivity index is 2.57. The maximum Gasteiger partial charge on any atom is 0.303 e. The zero-order valence-electron chi connectivity index (χ0n) is 10.6. The van der Waals surface area contributed by atoms with Crippen LogP contribution in [0.25, 0.3) is 0 Å². The molecule has 1 rings (SSSR count). The molecule has 1 aromatic rings. The lowest BCUT2D eigenvalue weighted by Gasteiger charge is -2.09. The lowest BCUT2D eigenvalue weighted by atomic mass is 10.2. The van der Waals surface area contributed by atoms with Crippen molar-refractivity contribution in [3.05, 3.63) is 23.2 Å². The summed E-state index contributed by atoms with van der Waals surface area (Å²) in [5.74, 6) is -0.802. The minimum Gasteiger partial charge on any atom is -0.492 e. The molecule has 0 heterocycles. The van der Waals surface area contributed by atoms with E-state index in [0.29, 0.717) is 23.1 Å². The number of rotatable bonds is 7. The Morgan fingerprint density at radius 3 is 2.68 bits per heavy atom. The van der Waals surface area contributed by atoms with Gasteiger partial charge in [-0.25, -0.2) is 0 Å². The van der Waals surface area contributed by atoms with E-state index in [1.165, 1.54) is 0 Å². The fraction of sp³-hybridized carbons (Fsp3) is 0.385. The van der Waals surface area contributed by atoms with Crippen molar-refractivity contribution in [2.75, 3.05) is 11.9 Å². The maximum absolute atomic E-state index is 11.4. The Bertz CT molecular complexity index is 462. The van der Waals surface area contributed by atoms with Crippen molar-refractivity contribution in [1.29, 1.82) is 0 Å². The molecule has 0 unspecified atom stereocenters. The molecule has 0 saturated heterocycles. The van der Waals surface area contributed by atoms with E-state index in [-0.39, 0.29) is 18.7 Å². The minimum atomic E-state index is -1.00. The van der Waals surface area contributed by atoms with Crippen LogP contribution in [0.3, 0.4) is 0 Å². The normalized spacial score (nSPS) is 10.0. The van der Waals surface area contributed by atoms with Crippen LogP contribution >= 0.6 is 11.6 Å². The average Bonchev–Trinajstić information content (AvgIpc) is 2.35. The first-order valence-electron chi connectivity index (χ1n) is 5.97. The monoisotopic (exact) mass is 285 g/mol. The molecule has 0 spiro atoms. The van der Waals surface area contributed by atoms with Crippen LogP contribution in [0, 0.1) is 0 Å². The molecular weight excluding hydrogens is 270 g/mol. The van der Waals surface area contributed by atoms with Crippen LogP contribution in [0.15, 0.2) is 18.2 Å². The van der Waals surface area contributed by atoms with Gasteiger partial charge in [0.15, 0.2) is 0 Å². The summed E-state index contributed by atoms with van der Waals surface area (Å²) in [7, 11) is 0. The van der Waals surface area contributed by atoms with Crippen LogP contribution in [-0.2, 0) is 9.59 Å². The number of carboxylic acids is 1. The third-order valence-corrected chi connectivity index (χ3v) is 2.54. The third kappa shape index (κ3) is 5.61. The van der Waals surface area contributed by atoms with Gasteiger partial charge in [0.05, 0.1) is 18.1 Å². The van der Waals surface area contributed by atoms with E-state index in [0.717, 1.165) is 6.42 Å². The topological polar surface area (TPSA) is 75.6 Å². The fourth-order valence-corrected chi connectivity index (χ4v) is 1.59. The first-order valence-corrected chi connectivity index (χ1v) is 6.34. The highest BCUT2D eigenvalue weighted by Crippen LogP contribution is 2.27. The van der Waals surface area contributed by atoms with Crippen molar-refractivity contribution < 1.29 is 19.4 Å². The van der Waals surface area contributed by atoms with Crippen LogP contribution in [0.4, 0.5) is 5.69 Å². The Hall–Kier alpha value is -1.75. The van der Waals surface area contributed by atoms with Crippen LogP contribution in [-0.4, -0.2) is 23.6 Å². The quantitative estimate of drug-likeness (QED) is 0.807. The van der Waals surface area contributed by atoms with E-state index in [2.05, 4.69) is 5.32 Å². The number of hydrogen-bond acceptors (Lipinski definition) is 3. The summed E-state index contributed by atoms with van der Waals surface area (Å²) >= 11 is 6.01. The Morgan fingerprint density at radius 2 is 2.11 bits per heavy atom. The van der Waals surface area contributed by atoms with Crippen LogP contribution in [0.5, 0.6) is 5.75 Å².